The Bertz CT molecular complexity index is 1040. The fourth-order valence-corrected chi connectivity index (χ4v) is 2.70. The number of amides is 2. The van der Waals surface area contributed by atoms with Crippen molar-refractivity contribution in [3.05, 3.63) is 83.7 Å². The lowest BCUT2D eigenvalue weighted by molar-refractivity contribution is 0.101. The lowest BCUT2D eigenvalue weighted by Gasteiger charge is -2.16. The Hall–Kier alpha value is -3.87. The molecule has 0 atom stereocenters. The predicted molar refractivity (Wildman–Crippen MR) is 108 cm³/mol. The van der Waals surface area contributed by atoms with E-state index in [1.807, 2.05) is 6.07 Å². The molecule has 0 aromatic heterocycles. The van der Waals surface area contributed by atoms with Gasteiger partial charge in [-0.3, -0.25) is 9.59 Å². The van der Waals surface area contributed by atoms with Crippen molar-refractivity contribution in [2.45, 2.75) is 0 Å². The van der Waals surface area contributed by atoms with E-state index in [9.17, 15) is 14.0 Å². The second-order valence-corrected chi connectivity index (χ2v) is 6.04. The minimum atomic E-state index is -0.513. The predicted octanol–water partition coefficient (Wildman–Crippen LogP) is 4.35. The molecule has 0 aliphatic rings. The largest absolute Gasteiger partial charge is 0.494 e. The molecule has 29 heavy (non-hydrogen) atoms. The average Bonchev–Trinajstić information content (AvgIpc) is 2.74. The Morgan fingerprint density at radius 1 is 0.724 bits per heavy atom. The number of ether oxygens (including phenoxy) is 2. The zero-order chi connectivity index (χ0) is 20.8. The summed E-state index contributed by atoms with van der Waals surface area (Å²) in [4.78, 5) is 24.9. The lowest BCUT2D eigenvalue weighted by atomic mass is 10.1. The van der Waals surface area contributed by atoms with Crippen LogP contribution in [0.1, 0.15) is 20.7 Å². The molecule has 0 saturated carbocycles. The lowest BCUT2D eigenvalue weighted by Crippen LogP contribution is -2.15. The van der Waals surface area contributed by atoms with Gasteiger partial charge in [0.1, 0.15) is 17.3 Å². The van der Waals surface area contributed by atoms with Gasteiger partial charge in [0.2, 0.25) is 0 Å². The maximum Gasteiger partial charge on any atom is 0.255 e. The molecule has 0 radical (unpaired) electrons. The SMILES string of the molecule is COc1cc(NC(=O)c2cccc(F)c2)c(OC)cc1NC(=O)c1ccccc1. The topological polar surface area (TPSA) is 76.7 Å². The summed E-state index contributed by atoms with van der Waals surface area (Å²) in [5, 5.41) is 5.43. The van der Waals surface area contributed by atoms with Gasteiger partial charge >= 0.3 is 0 Å². The monoisotopic (exact) mass is 394 g/mol. The number of carbonyl (C=O) groups is 2. The summed E-state index contributed by atoms with van der Waals surface area (Å²) < 4.78 is 24.1. The average molecular weight is 394 g/mol. The number of anilines is 2. The fourth-order valence-electron chi connectivity index (χ4n) is 2.70. The number of hydrogen-bond acceptors (Lipinski definition) is 4. The van der Waals surface area contributed by atoms with Gasteiger partial charge in [0, 0.05) is 23.3 Å². The molecule has 0 fully saturated rings. The molecular weight excluding hydrogens is 375 g/mol. The summed E-state index contributed by atoms with van der Waals surface area (Å²) in [5.41, 5.74) is 1.34. The second kappa shape index (κ2) is 8.88. The Kier molecular flexibility index (Phi) is 6.09. The molecule has 3 aromatic carbocycles. The number of carbonyl (C=O) groups excluding carboxylic acids is 2. The molecule has 3 rings (SSSR count). The highest BCUT2D eigenvalue weighted by Gasteiger charge is 2.17. The molecule has 148 valence electrons. The van der Waals surface area contributed by atoms with E-state index in [2.05, 4.69) is 10.6 Å². The first-order valence-electron chi connectivity index (χ1n) is 8.71. The Labute approximate surface area is 167 Å². The van der Waals surface area contributed by atoms with Crippen molar-refractivity contribution in [3.63, 3.8) is 0 Å². The highest BCUT2D eigenvalue weighted by molar-refractivity contribution is 6.07. The van der Waals surface area contributed by atoms with Crippen LogP contribution in [0.25, 0.3) is 0 Å². The van der Waals surface area contributed by atoms with Gasteiger partial charge in [0.25, 0.3) is 11.8 Å². The van der Waals surface area contributed by atoms with Gasteiger partial charge in [-0.2, -0.15) is 0 Å². The van der Waals surface area contributed by atoms with Crippen LogP contribution in [0.15, 0.2) is 66.7 Å². The van der Waals surface area contributed by atoms with E-state index in [0.29, 0.717) is 28.4 Å². The Morgan fingerprint density at radius 2 is 1.24 bits per heavy atom. The van der Waals surface area contributed by atoms with Crippen LogP contribution in [0.4, 0.5) is 15.8 Å². The Balaban J connectivity index is 1.88. The molecule has 0 spiro atoms. The molecule has 2 N–H and O–H groups in total. The molecule has 0 bridgehead atoms. The summed E-state index contributed by atoms with van der Waals surface area (Å²) >= 11 is 0. The van der Waals surface area contributed by atoms with Crippen molar-refractivity contribution in [2.75, 3.05) is 24.9 Å². The van der Waals surface area contributed by atoms with Gasteiger partial charge in [0.15, 0.2) is 0 Å². The van der Waals surface area contributed by atoms with Gasteiger partial charge < -0.3 is 20.1 Å². The molecule has 0 aliphatic carbocycles. The maximum atomic E-state index is 13.4. The third-order valence-electron chi connectivity index (χ3n) is 4.14. The molecule has 2 amide bonds. The van der Waals surface area contributed by atoms with Crippen molar-refractivity contribution < 1.29 is 23.5 Å². The molecular formula is C22H19FN2O4. The smallest absolute Gasteiger partial charge is 0.255 e. The third-order valence-corrected chi connectivity index (χ3v) is 4.14. The van der Waals surface area contributed by atoms with E-state index in [1.54, 1.807) is 30.3 Å². The molecule has 0 unspecified atom stereocenters. The van der Waals surface area contributed by atoms with E-state index >= 15 is 0 Å². The number of halogens is 1. The van der Waals surface area contributed by atoms with Crippen molar-refractivity contribution in [2.24, 2.45) is 0 Å². The summed E-state index contributed by atoms with van der Waals surface area (Å²) in [5.74, 6) is -0.710. The minimum Gasteiger partial charge on any atom is -0.494 e. The van der Waals surface area contributed by atoms with Gasteiger partial charge in [-0.25, -0.2) is 4.39 Å². The zero-order valence-corrected chi connectivity index (χ0v) is 15.9. The van der Waals surface area contributed by atoms with Crippen LogP contribution in [0.3, 0.4) is 0 Å². The minimum absolute atomic E-state index is 0.160. The summed E-state index contributed by atoms with van der Waals surface area (Å²) in [6.45, 7) is 0. The van der Waals surface area contributed by atoms with E-state index in [4.69, 9.17) is 9.47 Å². The van der Waals surface area contributed by atoms with Crippen LogP contribution in [-0.4, -0.2) is 26.0 Å². The number of rotatable bonds is 6. The van der Waals surface area contributed by atoms with Gasteiger partial charge in [-0.05, 0) is 30.3 Å². The van der Waals surface area contributed by atoms with Crippen molar-refractivity contribution >= 4 is 23.2 Å². The Morgan fingerprint density at radius 3 is 1.76 bits per heavy atom. The molecule has 0 saturated heterocycles. The molecule has 7 heteroatoms. The highest BCUT2D eigenvalue weighted by Crippen LogP contribution is 2.37. The molecule has 3 aromatic rings. The molecule has 6 nitrogen and oxygen atoms in total. The number of nitrogens with one attached hydrogen (secondary N) is 2. The maximum absolute atomic E-state index is 13.4. The first-order valence-corrected chi connectivity index (χ1v) is 8.71. The van der Waals surface area contributed by atoms with Crippen molar-refractivity contribution in [3.8, 4) is 11.5 Å². The fraction of sp³-hybridized carbons (Fsp3) is 0.0909. The van der Waals surface area contributed by atoms with Crippen LogP contribution in [-0.2, 0) is 0 Å². The molecule has 0 heterocycles. The van der Waals surface area contributed by atoms with E-state index < -0.39 is 11.7 Å². The summed E-state index contributed by atoms with van der Waals surface area (Å²) in [6, 6.07) is 17.1. The van der Waals surface area contributed by atoms with E-state index in [-0.39, 0.29) is 11.5 Å². The quantitative estimate of drug-likeness (QED) is 0.652. The first-order chi connectivity index (χ1) is 14.0. The third kappa shape index (κ3) is 4.70. The van der Waals surface area contributed by atoms with Crippen LogP contribution >= 0.6 is 0 Å². The van der Waals surface area contributed by atoms with E-state index in [0.717, 1.165) is 6.07 Å². The van der Waals surface area contributed by atoms with E-state index in [1.165, 1.54) is 38.5 Å². The van der Waals surface area contributed by atoms with Crippen LogP contribution in [0, 0.1) is 5.82 Å². The summed E-state index contributed by atoms with van der Waals surface area (Å²) in [7, 11) is 2.88. The van der Waals surface area contributed by atoms with Gasteiger partial charge in [0.05, 0.1) is 25.6 Å². The number of methoxy groups -OCH3 is 2. The van der Waals surface area contributed by atoms with Crippen LogP contribution in [0.2, 0.25) is 0 Å². The van der Waals surface area contributed by atoms with Crippen LogP contribution < -0.4 is 20.1 Å². The van der Waals surface area contributed by atoms with Crippen LogP contribution in [0.5, 0.6) is 11.5 Å². The highest BCUT2D eigenvalue weighted by atomic mass is 19.1. The first kappa shape index (κ1) is 19.9. The number of benzene rings is 3. The second-order valence-electron chi connectivity index (χ2n) is 6.04. The standard InChI is InChI=1S/C22H19FN2O4/c1-28-19-13-18(25-22(27)15-9-6-10-16(23)11-15)20(29-2)12-17(19)24-21(26)14-7-4-3-5-8-14/h3-13H,1-2H3,(H,24,26)(H,25,27). The number of hydrogen-bond donors (Lipinski definition) is 2. The zero-order valence-electron chi connectivity index (χ0n) is 15.9. The van der Waals surface area contributed by atoms with Crippen molar-refractivity contribution in [1.29, 1.82) is 0 Å². The van der Waals surface area contributed by atoms with Crippen molar-refractivity contribution in [1.82, 2.24) is 0 Å². The van der Waals surface area contributed by atoms with Gasteiger partial charge in [-0.1, -0.05) is 24.3 Å². The molecule has 0 aliphatic heterocycles. The summed E-state index contributed by atoms with van der Waals surface area (Å²) in [6.07, 6.45) is 0. The normalized spacial score (nSPS) is 10.2. The van der Waals surface area contributed by atoms with Gasteiger partial charge in [-0.15, -0.1) is 0 Å².